The van der Waals surface area contributed by atoms with Crippen LogP contribution in [0.4, 0.5) is 4.79 Å². The average Bonchev–Trinajstić information content (AvgIpc) is 2.17. The molecule has 0 spiro atoms. The topological polar surface area (TPSA) is 70.2 Å². The van der Waals surface area contributed by atoms with Crippen molar-refractivity contribution in [3.05, 3.63) is 12.7 Å². The maximum absolute atomic E-state index is 11.5. The Morgan fingerprint density at radius 2 is 2.00 bits per heavy atom. The number of nitrogens with one attached hydrogen (secondary N) is 3. The van der Waals surface area contributed by atoms with Crippen molar-refractivity contribution < 1.29 is 9.59 Å². The van der Waals surface area contributed by atoms with Gasteiger partial charge in [-0.05, 0) is 27.2 Å². The van der Waals surface area contributed by atoms with Gasteiger partial charge in [-0.2, -0.15) is 0 Å². The van der Waals surface area contributed by atoms with Gasteiger partial charge in [0.25, 0.3) is 0 Å². The van der Waals surface area contributed by atoms with Crippen LogP contribution in [0.15, 0.2) is 12.7 Å². The molecule has 0 bridgehead atoms. The van der Waals surface area contributed by atoms with Crippen LogP contribution in [-0.2, 0) is 4.79 Å². The highest BCUT2D eigenvalue weighted by Gasteiger charge is 2.16. The number of rotatable bonds is 6. The molecule has 3 amide bonds. The molecule has 3 N–H and O–H groups in total. The van der Waals surface area contributed by atoms with Crippen LogP contribution in [0.5, 0.6) is 0 Å². The summed E-state index contributed by atoms with van der Waals surface area (Å²) in [7, 11) is 0. The van der Waals surface area contributed by atoms with Gasteiger partial charge in [-0.1, -0.05) is 6.08 Å². The highest BCUT2D eigenvalue weighted by atomic mass is 16.2. The molecular formula is C11H21N3O2. The lowest BCUT2D eigenvalue weighted by atomic mass is 10.2. The van der Waals surface area contributed by atoms with E-state index in [1.807, 2.05) is 6.92 Å². The fourth-order valence-corrected chi connectivity index (χ4v) is 1.25. The molecule has 2 unspecified atom stereocenters. The first-order chi connectivity index (χ1) is 7.51. The summed E-state index contributed by atoms with van der Waals surface area (Å²) in [6.07, 6.45) is 2.56. The van der Waals surface area contributed by atoms with E-state index in [4.69, 9.17) is 0 Å². The van der Waals surface area contributed by atoms with Gasteiger partial charge >= 0.3 is 6.03 Å². The number of carbonyl (C=O) groups is 2. The van der Waals surface area contributed by atoms with Crippen LogP contribution in [0.25, 0.3) is 0 Å². The fourth-order valence-electron chi connectivity index (χ4n) is 1.25. The van der Waals surface area contributed by atoms with E-state index in [9.17, 15) is 9.59 Å². The average molecular weight is 227 g/mol. The second-order valence-corrected chi connectivity index (χ2v) is 3.66. The summed E-state index contributed by atoms with van der Waals surface area (Å²) in [6, 6.07) is -0.706. The molecule has 0 radical (unpaired) electrons. The first-order valence-corrected chi connectivity index (χ1v) is 5.46. The predicted molar refractivity (Wildman–Crippen MR) is 64.1 cm³/mol. The lowest BCUT2D eigenvalue weighted by molar-refractivity contribution is -0.121. The van der Waals surface area contributed by atoms with E-state index in [1.54, 1.807) is 19.9 Å². The highest BCUT2D eigenvalue weighted by Crippen LogP contribution is 1.93. The Labute approximate surface area is 96.7 Å². The van der Waals surface area contributed by atoms with E-state index in [1.165, 1.54) is 0 Å². The molecule has 0 aromatic heterocycles. The Balaban J connectivity index is 3.98. The summed E-state index contributed by atoms with van der Waals surface area (Å²) < 4.78 is 0. The molecule has 0 saturated heterocycles. The minimum atomic E-state index is -0.461. The zero-order chi connectivity index (χ0) is 12.6. The molecular weight excluding hydrogens is 206 g/mol. The van der Waals surface area contributed by atoms with Crippen LogP contribution in [0.3, 0.4) is 0 Å². The van der Waals surface area contributed by atoms with E-state index in [0.717, 1.165) is 6.42 Å². The third kappa shape index (κ3) is 6.19. The monoisotopic (exact) mass is 227 g/mol. The molecule has 0 fully saturated rings. The molecule has 16 heavy (non-hydrogen) atoms. The van der Waals surface area contributed by atoms with Gasteiger partial charge in [0, 0.05) is 12.6 Å². The Bertz CT molecular complexity index is 254. The molecule has 0 aliphatic carbocycles. The lowest BCUT2D eigenvalue weighted by Crippen LogP contribution is -2.49. The normalized spacial score (nSPS) is 13.7. The summed E-state index contributed by atoms with van der Waals surface area (Å²) in [6.45, 7) is 9.58. The van der Waals surface area contributed by atoms with Gasteiger partial charge in [0.1, 0.15) is 0 Å². The standard InChI is InChI=1S/C11H21N3O2/c1-5-7-8(3)13-9(4)10(15)14-11(16)12-6-2/h5,8-9,13H,1,6-7H2,2-4H3,(H2,12,14,15,16). The quantitative estimate of drug-likeness (QED) is 0.587. The summed E-state index contributed by atoms with van der Waals surface area (Å²) in [4.78, 5) is 22.6. The summed E-state index contributed by atoms with van der Waals surface area (Å²) >= 11 is 0. The van der Waals surface area contributed by atoms with E-state index in [0.29, 0.717) is 6.54 Å². The Morgan fingerprint density at radius 3 is 2.50 bits per heavy atom. The Kier molecular flexibility index (Phi) is 7.20. The maximum atomic E-state index is 11.5. The van der Waals surface area contributed by atoms with Gasteiger partial charge in [-0.3, -0.25) is 10.1 Å². The molecule has 0 rings (SSSR count). The van der Waals surface area contributed by atoms with Crippen molar-refractivity contribution in [2.75, 3.05) is 6.54 Å². The maximum Gasteiger partial charge on any atom is 0.321 e. The van der Waals surface area contributed by atoms with E-state index >= 15 is 0 Å². The van der Waals surface area contributed by atoms with Crippen LogP contribution < -0.4 is 16.0 Å². The second-order valence-electron chi connectivity index (χ2n) is 3.66. The zero-order valence-corrected chi connectivity index (χ0v) is 10.2. The van der Waals surface area contributed by atoms with Crippen molar-refractivity contribution in [2.45, 2.75) is 39.3 Å². The first-order valence-electron chi connectivity index (χ1n) is 5.46. The van der Waals surface area contributed by atoms with Gasteiger partial charge in [0.15, 0.2) is 0 Å². The van der Waals surface area contributed by atoms with Crippen LogP contribution in [-0.4, -0.2) is 30.6 Å². The van der Waals surface area contributed by atoms with Gasteiger partial charge in [-0.15, -0.1) is 6.58 Å². The van der Waals surface area contributed by atoms with Crippen molar-refractivity contribution in [1.29, 1.82) is 0 Å². The lowest BCUT2D eigenvalue weighted by Gasteiger charge is -2.18. The number of urea groups is 1. The number of imide groups is 1. The Morgan fingerprint density at radius 1 is 1.38 bits per heavy atom. The molecule has 0 heterocycles. The van der Waals surface area contributed by atoms with Crippen molar-refractivity contribution >= 4 is 11.9 Å². The predicted octanol–water partition coefficient (Wildman–Crippen LogP) is 0.775. The number of hydrogen-bond acceptors (Lipinski definition) is 3. The molecule has 0 aromatic rings. The van der Waals surface area contributed by atoms with Crippen molar-refractivity contribution in [3.8, 4) is 0 Å². The second kappa shape index (κ2) is 7.87. The van der Waals surface area contributed by atoms with Gasteiger partial charge in [0.2, 0.25) is 5.91 Å². The Hall–Kier alpha value is -1.36. The van der Waals surface area contributed by atoms with Gasteiger partial charge in [-0.25, -0.2) is 4.79 Å². The number of hydrogen-bond donors (Lipinski definition) is 3. The van der Waals surface area contributed by atoms with Crippen LogP contribution in [0.2, 0.25) is 0 Å². The molecule has 0 aliphatic heterocycles. The number of carbonyl (C=O) groups excluding carboxylic acids is 2. The van der Waals surface area contributed by atoms with E-state index in [2.05, 4.69) is 22.5 Å². The van der Waals surface area contributed by atoms with Crippen LogP contribution in [0.1, 0.15) is 27.2 Å². The van der Waals surface area contributed by atoms with Crippen LogP contribution in [0, 0.1) is 0 Å². The van der Waals surface area contributed by atoms with Gasteiger partial charge < -0.3 is 10.6 Å². The smallest absolute Gasteiger partial charge is 0.321 e. The fraction of sp³-hybridized carbons (Fsp3) is 0.636. The summed E-state index contributed by atoms with van der Waals surface area (Å²) in [5.74, 6) is -0.332. The van der Waals surface area contributed by atoms with Crippen molar-refractivity contribution in [2.24, 2.45) is 0 Å². The molecule has 0 aliphatic rings. The molecule has 0 aromatic carbocycles. The van der Waals surface area contributed by atoms with Crippen LogP contribution >= 0.6 is 0 Å². The minimum absolute atomic E-state index is 0.160. The van der Waals surface area contributed by atoms with Crippen molar-refractivity contribution in [1.82, 2.24) is 16.0 Å². The molecule has 5 heteroatoms. The van der Waals surface area contributed by atoms with E-state index in [-0.39, 0.29) is 11.9 Å². The number of amides is 3. The third-order valence-corrected chi connectivity index (χ3v) is 2.02. The molecule has 2 atom stereocenters. The third-order valence-electron chi connectivity index (χ3n) is 2.02. The highest BCUT2D eigenvalue weighted by molar-refractivity contribution is 5.96. The van der Waals surface area contributed by atoms with Gasteiger partial charge in [0.05, 0.1) is 6.04 Å². The molecule has 0 saturated carbocycles. The zero-order valence-electron chi connectivity index (χ0n) is 10.2. The SMILES string of the molecule is C=CCC(C)NC(C)C(=O)NC(=O)NCC. The largest absolute Gasteiger partial charge is 0.338 e. The minimum Gasteiger partial charge on any atom is -0.338 e. The van der Waals surface area contributed by atoms with E-state index < -0.39 is 12.1 Å². The first kappa shape index (κ1) is 14.6. The van der Waals surface area contributed by atoms with Crippen molar-refractivity contribution in [3.63, 3.8) is 0 Å². The molecule has 5 nitrogen and oxygen atoms in total. The summed E-state index contributed by atoms with van der Waals surface area (Å²) in [5.41, 5.74) is 0. The molecule has 92 valence electrons. The summed E-state index contributed by atoms with van der Waals surface area (Å²) in [5, 5.41) is 7.81.